The van der Waals surface area contributed by atoms with Crippen LogP contribution in [0.5, 0.6) is 0 Å². The standard InChI is InChI=1S/C7H5Cl2N3.CH4/c8-6-2-1-3-7(9)5(6)4-11-12-10;/h1-3H,4H2;1H4. The lowest BCUT2D eigenvalue weighted by Gasteiger charge is -2.01. The molecule has 0 aliphatic rings. The monoisotopic (exact) mass is 217 g/mol. The lowest BCUT2D eigenvalue weighted by Crippen LogP contribution is -1.83. The van der Waals surface area contributed by atoms with Gasteiger partial charge in [0, 0.05) is 15.0 Å². The van der Waals surface area contributed by atoms with E-state index in [4.69, 9.17) is 28.7 Å². The SMILES string of the molecule is C.[N-]=[N+]=NCc1c(Cl)cccc1Cl. The first-order valence-corrected chi connectivity index (χ1v) is 3.95. The summed E-state index contributed by atoms with van der Waals surface area (Å²) in [7, 11) is 0. The van der Waals surface area contributed by atoms with Gasteiger partial charge in [-0.25, -0.2) is 0 Å². The molecule has 0 unspecified atom stereocenters. The average molecular weight is 218 g/mol. The van der Waals surface area contributed by atoms with Crippen molar-refractivity contribution in [3.05, 3.63) is 44.3 Å². The summed E-state index contributed by atoms with van der Waals surface area (Å²) in [6.07, 6.45) is 0. The van der Waals surface area contributed by atoms with Crippen LogP contribution in [-0.2, 0) is 6.54 Å². The molecule has 0 aromatic heterocycles. The summed E-state index contributed by atoms with van der Waals surface area (Å²) in [4.78, 5) is 2.62. The number of halogens is 2. The van der Waals surface area contributed by atoms with Gasteiger partial charge in [-0.1, -0.05) is 41.8 Å². The molecule has 0 bridgehead atoms. The zero-order chi connectivity index (χ0) is 8.97. The largest absolute Gasteiger partial charge is 0.0892 e. The van der Waals surface area contributed by atoms with Crippen LogP contribution in [0.25, 0.3) is 10.4 Å². The zero-order valence-corrected chi connectivity index (χ0v) is 7.55. The third kappa shape index (κ3) is 3.15. The van der Waals surface area contributed by atoms with E-state index in [1.165, 1.54) is 0 Å². The highest BCUT2D eigenvalue weighted by molar-refractivity contribution is 6.35. The predicted octanol–water partition coefficient (Wildman–Crippen LogP) is 4.44. The summed E-state index contributed by atoms with van der Waals surface area (Å²) in [5.74, 6) is 0. The van der Waals surface area contributed by atoms with Gasteiger partial charge in [-0.2, -0.15) is 0 Å². The Balaban J connectivity index is 0.00000144. The highest BCUT2D eigenvalue weighted by Gasteiger charge is 2.02. The van der Waals surface area contributed by atoms with Crippen molar-refractivity contribution < 1.29 is 0 Å². The van der Waals surface area contributed by atoms with Gasteiger partial charge < -0.3 is 0 Å². The summed E-state index contributed by atoms with van der Waals surface area (Å²) in [6, 6.07) is 5.15. The summed E-state index contributed by atoms with van der Waals surface area (Å²) < 4.78 is 0. The van der Waals surface area contributed by atoms with Crippen LogP contribution in [0.4, 0.5) is 0 Å². The van der Waals surface area contributed by atoms with Crippen LogP contribution in [0, 0.1) is 0 Å². The van der Waals surface area contributed by atoms with Gasteiger partial charge >= 0.3 is 0 Å². The van der Waals surface area contributed by atoms with E-state index in [0.29, 0.717) is 15.6 Å². The number of benzene rings is 1. The molecular weight excluding hydrogens is 209 g/mol. The fourth-order valence-corrected chi connectivity index (χ4v) is 1.30. The van der Waals surface area contributed by atoms with E-state index in [9.17, 15) is 0 Å². The Morgan fingerprint density at radius 1 is 1.31 bits per heavy atom. The van der Waals surface area contributed by atoms with Crippen molar-refractivity contribution in [2.45, 2.75) is 14.0 Å². The number of nitrogens with zero attached hydrogens (tertiary/aromatic N) is 3. The third-order valence-corrected chi connectivity index (χ3v) is 2.06. The number of hydrogen-bond donors (Lipinski definition) is 0. The van der Waals surface area contributed by atoms with Gasteiger partial charge in [0.1, 0.15) is 0 Å². The molecule has 1 rings (SSSR count). The number of azide groups is 1. The van der Waals surface area contributed by atoms with Gasteiger partial charge in [-0.3, -0.25) is 0 Å². The molecule has 0 spiro atoms. The lowest BCUT2D eigenvalue weighted by atomic mass is 10.2. The molecule has 0 atom stereocenters. The van der Waals surface area contributed by atoms with Gasteiger partial charge in [-0.05, 0) is 23.2 Å². The quantitative estimate of drug-likeness (QED) is 0.400. The molecule has 13 heavy (non-hydrogen) atoms. The average Bonchev–Trinajstić information content (AvgIpc) is 2.04. The summed E-state index contributed by atoms with van der Waals surface area (Å²) >= 11 is 11.6. The second-order valence-corrected chi connectivity index (χ2v) is 2.90. The fraction of sp³-hybridized carbons (Fsp3) is 0.250. The van der Waals surface area contributed by atoms with Crippen molar-refractivity contribution in [3.8, 4) is 0 Å². The first-order chi connectivity index (χ1) is 5.75. The van der Waals surface area contributed by atoms with Crippen molar-refractivity contribution in [1.82, 2.24) is 0 Å². The van der Waals surface area contributed by atoms with Crippen LogP contribution >= 0.6 is 23.2 Å². The second-order valence-electron chi connectivity index (χ2n) is 2.09. The Morgan fingerprint density at radius 3 is 2.31 bits per heavy atom. The van der Waals surface area contributed by atoms with Crippen LogP contribution in [-0.4, -0.2) is 0 Å². The van der Waals surface area contributed by atoms with E-state index in [-0.39, 0.29) is 14.0 Å². The fourth-order valence-electron chi connectivity index (χ4n) is 0.786. The van der Waals surface area contributed by atoms with Crippen LogP contribution in [0.2, 0.25) is 10.0 Å². The second kappa shape index (κ2) is 5.70. The molecule has 0 saturated carbocycles. The normalized spacial score (nSPS) is 8.46. The molecule has 70 valence electrons. The highest BCUT2D eigenvalue weighted by atomic mass is 35.5. The molecule has 1 aromatic rings. The van der Waals surface area contributed by atoms with E-state index in [0.717, 1.165) is 0 Å². The third-order valence-electron chi connectivity index (χ3n) is 1.35. The van der Waals surface area contributed by atoms with Crippen LogP contribution in [0.3, 0.4) is 0 Å². The van der Waals surface area contributed by atoms with Crippen molar-refractivity contribution in [1.29, 1.82) is 0 Å². The molecular formula is C8H9Cl2N3. The first-order valence-electron chi connectivity index (χ1n) is 3.19. The van der Waals surface area contributed by atoms with Gasteiger partial charge in [-0.15, -0.1) is 0 Å². The number of hydrogen-bond acceptors (Lipinski definition) is 1. The Morgan fingerprint density at radius 2 is 1.85 bits per heavy atom. The minimum Gasteiger partial charge on any atom is -0.0892 e. The molecule has 3 nitrogen and oxygen atoms in total. The van der Waals surface area contributed by atoms with Gasteiger partial charge in [0.05, 0.1) is 6.54 Å². The maximum absolute atomic E-state index is 8.08. The molecule has 0 fully saturated rings. The Kier molecular flexibility index (Phi) is 5.31. The van der Waals surface area contributed by atoms with Crippen LogP contribution in [0.15, 0.2) is 23.3 Å². The van der Waals surface area contributed by atoms with Crippen molar-refractivity contribution in [2.75, 3.05) is 0 Å². The summed E-state index contributed by atoms with van der Waals surface area (Å²) in [5, 5.41) is 4.42. The molecule has 0 N–H and O–H groups in total. The van der Waals surface area contributed by atoms with E-state index in [1.807, 2.05) is 0 Å². The maximum atomic E-state index is 8.08. The van der Waals surface area contributed by atoms with E-state index < -0.39 is 0 Å². The zero-order valence-electron chi connectivity index (χ0n) is 6.04. The number of rotatable bonds is 2. The van der Waals surface area contributed by atoms with Crippen LogP contribution in [0.1, 0.15) is 13.0 Å². The lowest BCUT2D eigenvalue weighted by molar-refractivity contribution is 1.05. The van der Waals surface area contributed by atoms with E-state index >= 15 is 0 Å². The molecule has 0 heterocycles. The van der Waals surface area contributed by atoms with E-state index in [1.54, 1.807) is 18.2 Å². The molecule has 1 aromatic carbocycles. The minimum atomic E-state index is 0. The smallest absolute Gasteiger partial charge is 0.0540 e. The maximum Gasteiger partial charge on any atom is 0.0540 e. The minimum absolute atomic E-state index is 0. The van der Waals surface area contributed by atoms with Gasteiger partial charge in [0.15, 0.2) is 0 Å². The molecule has 0 aliphatic carbocycles. The Bertz CT molecular complexity index is 312. The molecule has 5 heteroatoms. The van der Waals surface area contributed by atoms with E-state index in [2.05, 4.69) is 10.0 Å². The van der Waals surface area contributed by atoms with Gasteiger partial charge in [0.25, 0.3) is 0 Å². The topological polar surface area (TPSA) is 48.8 Å². The van der Waals surface area contributed by atoms with Crippen molar-refractivity contribution in [2.24, 2.45) is 5.11 Å². The predicted molar refractivity (Wildman–Crippen MR) is 56.0 cm³/mol. The Labute approximate surface area is 86.9 Å². The Hall–Kier alpha value is -0.890. The van der Waals surface area contributed by atoms with Gasteiger partial charge in [0.2, 0.25) is 0 Å². The summed E-state index contributed by atoms with van der Waals surface area (Å²) in [5.41, 5.74) is 8.75. The molecule has 0 aliphatic heterocycles. The van der Waals surface area contributed by atoms with Crippen molar-refractivity contribution in [3.63, 3.8) is 0 Å². The molecule has 0 saturated heterocycles. The van der Waals surface area contributed by atoms with Crippen molar-refractivity contribution >= 4 is 23.2 Å². The highest BCUT2D eigenvalue weighted by Crippen LogP contribution is 2.24. The summed E-state index contributed by atoms with van der Waals surface area (Å²) in [6.45, 7) is 0.189. The molecule has 0 amide bonds. The van der Waals surface area contributed by atoms with Crippen LogP contribution < -0.4 is 0 Å². The molecule has 0 radical (unpaired) electrons. The first kappa shape index (κ1) is 12.1.